The van der Waals surface area contributed by atoms with Crippen molar-refractivity contribution in [2.75, 3.05) is 13.7 Å². The topological polar surface area (TPSA) is 82.8 Å². The van der Waals surface area contributed by atoms with Gasteiger partial charge in [-0.15, -0.1) is 0 Å². The highest BCUT2D eigenvalue weighted by Gasteiger charge is 2.42. The fourth-order valence-electron chi connectivity index (χ4n) is 3.78. The Labute approximate surface area is 186 Å². The van der Waals surface area contributed by atoms with Crippen LogP contribution < -0.4 is 11.2 Å². The average molecular weight is 426 g/mol. The van der Waals surface area contributed by atoms with Crippen molar-refractivity contribution < 1.29 is 19.1 Å². The molecule has 0 saturated carbocycles. The van der Waals surface area contributed by atoms with Gasteiger partial charge in [0.15, 0.2) is 0 Å². The SMILES string of the molecule is CCCCCCCCCCCCCCCC.[B]C1OC(CNC=O)C(ON)C1OC. The molecular weight excluding hydrogens is 379 g/mol. The van der Waals surface area contributed by atoms with Crippen LogP contribution in [0.1, 0.15) is 104 Å². The van der Waals surface area contributed by atoms with E-state index in [9.17, 15) is 4.79 Å². The van der Waals surface area contributed by atoms with Gasteiger partial charge in [-0.2, -0.15) is 0 Å². The third kappa shape index (κ3) is 14.4. The van der Waals surface area contributed by atoms with Crippen LogP contribution in [0.3, 0.4) is 0 Å². The lowest BCUT2D eigenvalue weighted by Gasteiger charge is -2.19. The molecule has 0 aromatic rings. The number of hydrogen-bond acceptors (Lipinski definition) is 5. The van der Waals surface area contributed by atoms with E-state index in [2.05, 4.69) is 19.2 Å². The van der Waals surface area contributed by atoms with Gasteiger partial charge < -0.3 is 14.8 Å². The Kier molecular flexibility index (Phi) is 21.2. The van der Waals surface area contributed by atoms with Crippen molar-refractivity contribution in [3.8, 4) is 0 Å². The molecule has 1 heterocycles. The quantitative estimate of drug-likeness (QED) is 0.147. The van der Waals surface area contributed by atoms with Crippen LogP contribution in [0.5, 0.6) is 0 Å². The summed E-state index contributed by atoms with van der Waals surface area (Å²) in [5, 5.41) is 2.47. The van der Waals surface area contributed by atoms with E-state index in [1.807, 2.05) is 0 Å². The lowest BCUT2D eigenvalue weighted by molar-refractivity contribution is -0.110. The number of nitrogens with one attached hydrogen (secondary N) is 1. The summed E-state index contributed by atoms with van der Waals surface area (Å²) in [4.78, 5) is 14.8. The molecule has 0 spiro atoms. The van der Waals surface area contributed by atoms with E-state index in [-0.39, 0.29) is 6.10 Å². The second-order valence-corrected chi connectivity index (χ2v) is 8.21. The molecule has 1 saturated heterocycles. The van der Waals surface area contributed by atoms with Gasteiger partial charge in [0.2, 0.25) is 6.41 Å². The Balaban J connectivity index is 0.000000564. The fraction of sp³-hybridized carbons (Fsp3) is 0.957. The Morgan fingerprint density at radius 1 is 0.867 bits per heavy atom. The minimum absolute atomic E-state index is 0.291. The lowest BCUT2D eigenvalue weighted by atomic mass is 9.93. The fourth-order valence-corrected chi connectivity index (χ4v) is 3.78. The van der Waals surface area contributed by atoms with E-state index in [0.29, 0.717) is 13.0 Å². The van der Waals surface area contributed by atoms with Gasteiger partial charge >= 0.3 is 0 Å². The molecule has 6 nitrogen and oxygen atoms in total. The molecule has 176 valence electrons. The van der Waals surface area contributed by atoms with Gasteiger partial charge in [0, 0.05) is 19.7 Å². The number of rotatable bonds is 18. The first kappa shape index (κ1) is 29.4. The predicted octanol–water partition coefficient (Wildman–Crippen LogP) is 4.39. The van der Waals surface area contributed by atoms with Gasteiger partial charge in [0.05, 0.1) is 0 Å². The summed E-state index contributed by atoms with van der Waals surface area (Å²) in [7, 11) is 7.11. The second-order valence-electron chi connectivity index (χ2n) is 8.21. The van der Waals surface area contributed by atoms with Crippen molar-refractivity contribution in [2.45, 2.75) is 128 Å². The Hall–Kier alpha value is -0.625. The van der Waals surface area contributed by atoms with Gasteiger partial charge in [-0.3, -0.25) is 9.63 Å². The minimum Gasteiger partial charge on any atom is -0.377 e. The molecule has 0 bridgehead atoms. The van der Waals surface area contributed by atoms with Gasteiger partial charge in [-0.05, 0) is 0 Å². The first-order valence-corrected chi connectivity index (χ1v) is 12.1. The molecular formula is C23H47BN2O4. The van der Waals surface area contributed by atoms with Crippen LogP contribution in [0.2, 0.25) is 0 Å². The summed E-state index contributed by atoms with van der Waals surface area (Å²) in [6.07, 6.45) is 19.7. The van der Waals surface area contributed by atoms with Crippen LogP contribution in [-0.2, 0) is 19.1 Å². The van der Waals surface area contributed by atoms with Gasteiger partial charge in [-0.25, -0.2) is 5.90 Å². The summed E-state index contributed by atoms with van der Waals surface area (Å²) in [5.74, 6) is 5.09. The molecule has 1 amide bonds. The van der Waals surface area contributed by atoms with E-state index >= 15 is 0 Å². The molecule has 4 atom stereocenters. The van der Waals surface area contributed by atoms with Crippen molar-refractivity contribution in [1.82, 2.24) is 5.32 Å². The van der Waals surface area contributed by atoms with E-state index in [4.69, 9.17) is 28.1 Å². The van der Waals surface area contributed by atoms with Gasteiger partial charge in [0.25, 0.3) is 0 Å². The van der Waals surface area contributed by atoms with Crippen molar-refractivity contribution in [3.63, 3.8) is 0 Å². The van der Waals surface area contributed by atoms with Crippen LogP contribution in [0.15, 0.2) is 0 Å². The highest BCUT2D eigenvalue weighted by Crippen LogP contribution is 2.23. The zero-order valence-electron chi connectivity index (χ0n) is 19.8. The first-order valence-electron chi connectivity index (χ1n) is 12.1. The number of unbranched alkanes of at least 4 members (excludes halogenated alkanes) is 13. The summed E-state index contributed by atoms with van der Waals surface area (Å²) < 4.78 is 10.4. The number of carbonyl (C=O) groups is 1. The van der Waals surface area contributed by atoms with Gasteiger partial charge in [-0.1, -0.05) is 104 Å². The third-order valence-electron chi connectivity index (χ3n) is 5.63. The van der Waals surface area contributed by atoms with E-state index in [1.165, 1.54) is 97.0 Å². The molecule has 7 heteroatoms. The maximum absolute atomic E-state index is 10.1. The van der Waals surface area contributed by atoms with Crippen LogP contribution in [0.25, 0.3) is 0 Å². The average Bonchev–Trinajstić information content (AvgIpc) is 3.07. The highest BCUT2D eigenvalue weighted by molar-refractivity contribution is 6.11. The number of amides is 1. The zero-order chi connectivity index (χ0) is 22.5. The molecule has 0 aliphatic carbocycles. The second kappa shape index (κ2) is 21.6. The number of nitrogens with two attached hydrogens (primary N) is 1. The molecule has 0 aromatic heterocycles. The summed E-state index contributed by atoms with van der Waals surface area (Å²) >= 11 is 0. The smallest absolute Gasteiger partial charge is 0.207 e. The van der Waals surface area contributed by atoms with Crippen molar-refractivity contribution >= 4 is 14.3 Å². The molecule has 1 rings (SSSR count). The maximum atomic E-state index is 10.1. The number of carbonyl (C=O) groups excluding carboxylic acids is 1. The normalized spacial score (nSPS) is 23.1. The number of methoxy groups -OCH3 is 1. The Morgan fingerprint density at radius 3 is 1.63 bits per heavy atom. The third-order valence-corrected chi connectivity index (χ3v) is 5.63. The standard InChI is InChI=1S/C16H34.C7H13BN2O4/c1-3-5-7-9-11-13-15-16-14-12-10-8-6-4-2;1-12-6-5(14-9)4(2-10-3-11)13-7(6)8/h3-16H2,1-2H3;3-7H,2,9H2,1H3,(H,10,11). The van der Waals surface area contributed by atoms with E-state index in [0.717, 1.165) is 0 Å². The first-order chi connectivity index (χ1) is 14.7. The molecule has 4 unspecified atom stereocenters. The van der Waals surface area contributed by atoms with Gasteiger partial charge in [0.1, 0.15) is 26.2 Å². The molecule has 1 fully saturated rings. The monoisotopic (exact) mass is 426 g/mol. The molecule has 30 heavy (non-hydrogen) atoms. The van der Waals surface area contributed by atoms with Crippen LogP contribution in [0, 0.1) is 0 Å². The number of ether oxygens (including phenoxy) is 2. The lowest BCUT2D eigenvalue weighted by Crippen LogP contribution is -2.42. The number of hydrogen-bond donors (Lipinski definition) is 2. The zero-order valence-corrected chi connectivity index (χ0v) is 19.8. The predicted molar refractivity (Wildman–Crippen MR) is 124 cm³/mol. The van der Waals surface area contributed by atoms with E-state index < -0.39 is 18.2 Å². The Bertz CT molecular complexity index is 363. The summed E-state index contributed by atoms with van der Waals surface area (Å²) in [6, 6.07) is -0.591. The summed E-state index contributed by atoms with van der Waals surface area (Å²) in [5.41, 5.74) is 0. The van der Waals surface area contributed by atoms with Crippen molar-refractivity contribution in [2.24, 2.45) is 5.90 Å². The summed E-state index contributed by atoms with van der Waals surface area (Å²) in [6.45, 7) is 4.87. The van der Waals surface area contributed by atoms with Crippen LogP contribution in [0.4, 0.5) is 0 Å². The maximum Gasteiger partial charge on any atom is 0.207 e. The largest absolute Gasteiger partial charge is 0.377 e. The molecule has 0 aromatic carbocycles. The highest BCUT2D eigenvalue weighted by atomic mass is 16.7. The minimum atomic E-state index is -0.591. The van der Waals surface area contributed by atoms with Crippen LogP contribution >= 0.6 is 0 Å². The molecule has 1 aliphatic rings. The van der Waals surface area contributed by atoms with Crippen molar-refractivity contribution in [3.05, 3.63) is 0 Å². The van der Waals surface area contributed by atoms with Crippen LogP contribution in [-0.4, -0.2) is 52.2 Å². The van der Waals surface area contributed by atoms with E-state index in [1.54, 1.807) is 0 Å². The molecule has 3 N–H and O–H groups in total. The Morgan fingerprint density at radius 2 is 1.30 bits per heavy atom. The van der Waals surface area contributed by atoms with Crippen molar-refractivity contribution in [1.29, 1.82) is 0 Å². The molecule has 1 aliphatic heterocycles. The molecule has 2 radical (unpaired) electrons.